The molecule has 1 amide bonds. The fourth-order valence-electron chi connectivity index (χ4n) is 2.25. The van der Waals surface area contributed by atoms with Crippen molar-refractivity contribution in [2.45, 2.75) is 44.0 Å². The van der Waals surface area contributed by atoms with E-state index in [1.165, 1.54) is 12.3 Å². The first-order valence-electron chi connectivity index (χ1n) is 6.84. The highest BCUT2D eigenvalue weighted by Crippen LogP contribution is 2.38. The van der Waals surface area contributed by atoms with Gasteiger partial charge in [0.1, 0.15) is 10.6 Å². The van der Waals surface area contributed by atoms with Crippen LogP contribution in [0.3, 0.4) is 0 Å². The van der Waals surface area contributed by atoms with E-state index in [9.17, 15) is 13.2 Å². The Balaban J connectivity index is 2.39. The van der Waals surface area contributed by atoms with Crippen LogP contribution in [-0.2, 0) is 9.05 Å². The van der Waals surface area contributed by atoms with Crippen molar-refractivity contribution in [1.82, 2.24) is 9.47 Å². The number of amides is 1. The van der Waals surface area contributed by atoms with Crippen molar-refractivity contribution < 1.29 is 13.2 Å². The Morgan fingerprint density at radius 1 is 1.45 bits per heavy atom. The van der Waals surface area contributed by atoms with Crippen LogP contribution in [0.5, 0.6) is 0 Å². The van der Waals surface area contributed by atoms with E-state index in [0.29, 0.717) is 18.8 Å². The van der Waals surface area contributed by atoms with Gasteiger partial charge in [0.25, 0.3) is 15.0 Å². The number of carbonyl (C=O) groups excluding carboxylic acids is 1. The van der Waals surface area contributed by atoms with Gasteiger partial charge in [-0.2, -0.15) is 0 Å². The monoisotopic (exact) mass is 318 g/mol. The first-order chi connectivity index (χ1) is 9.38. The third kappa shape index (κ3) is 3.17. The summed E-state index contributed by atoms with van der Waals surface area (Å²) in [6.07, 6.45) is 4.28. The molecule has 1 aromatic rings. The lowest BCUT2D eigenvalue weighted by atomic mass is 10.3. The van der Waals surface area contributed by atoms with Crippen molar-refractivity contribution in [3.8, 4) is 0 Å². The van der Waals surface area contributed by atoms with Gasteiger partial charge in [0.2, 0.25) is 0 Å². The quantitative estimate of drug-likeness (QED) is 0.758. The summed E-state index contributed by atoms with van der Waals surface area (Å²) in [6, 6.07) is 1.61. The summed E-state index contributed by atoms with van der Waals surface area (Å²) in [5.74, 6) is -0.132. The number of aromatic nitrogens is 1. The van der Waals surface area contributed by atoms with Crippen LogP contribution in [0.1, 0.15) is 49.6 Å². The number of halogens is 1. The number of rotatable bonds is 6. The SMILES string of the molecule is CCCN(CC)C(=O)c1cc(S(=O)(=O)Cl)cn1C1CC1. The molecule has 20 heavy (non-hydrogen) atoms. The molecular formula is C13H19ClN2O3S. The summed E-state index contributed by atoms with van der Waals surface area (Å²) in [6.45, 7) is 5.18. The van der Waals surface area contributed by atoms with E-state index in [4.69, 9.17) is 10.7 Å². The summed E-state index contributed by atoms with van der Waals surface area (Å²) in [5.41, 5.74) is 0.419. The largest absolute Gasteiger partial charge is 0.339 e. The van der Waals surface area contributed by atoms with E-state index in [0.717, 1.165) is 19.3 Å². The maximum atomic E-state index is 12.5. The molecule has 0 bridgehead atoms. The topological polar surface area (TPSA) is 59.4 Å². The van der Waals surface area contributed by atoms with Crippen molar-refractivity contribution in [1.29, 1.82) is 0 Å². The molecule has 0 spiro atoms. The predicted octanol–water partition coefficient (Wildman–Crippen LogP) is 2.62. The summed E-state index contributed by atoms with van der Waals surface area (Å²) in [7, 11) is 1.57. The molecular weight excluding hydrogens is 300 g/mol. The van der Waals surface area contributed by atoms with E-state index in [1.807, 2.05) is 13.8 Å². The van der Waals surface area contributed by atoms with Gasteiger partial charge in [-0.25, -0.2) is 8.42 Å². The van der Waals surface area contributed by atoms with Gasteiger partial charge in [0.05, 0.1) is 0 Å². The van der Waals surface area contributed by atoms with E-state index in [1.54, 1.807) is 9.47 Å². The van der Waals surface area contributed by atoms with Crippen LogP contribution in [0, 0.1) is 0 Å². The minimum atomic E-state index is -3.81. The molecule has 0 N–H and O–H groups in total. The van der Waals surface area contributed by atoms with Crippen LogP contribution >= 0.6 is 10.7 Å². The van der Waals surface area contributed by atoms with Crippen LogP contribution in [0.2, 0.25) is 0 Å². The molecule has 2 rings (SSSR count). The summed E-state index contributed by atoms with van der Waals surface area (Å²) in [5, 5.41) is 0. The fourth-order valence-corrected chi connectivity index (χ4v) is 2.99. The molecule has 1 fully saturated rings. The van der Waals surface area contributed by atoms with Crippen molar-refractivity contribution in [3.05, 3.63) is 18.0 Å². The van der Waals surface area contributed by atoms with Crippen molar-refractivity contribution >= 4 is 25.6 Å². The highest BCUT2D eigenvalue weighted by molar-refractivity contribution is 8.13. The van der Waals surface area contributed by atoms with Gasteiger partial charge in [-0.05, 0) is 32.3 Å². The van der Waals surface area contributed by atoms with Gasteiger partial charge >= 0.3 is 0 Å². The van der Waals surface area contributed by atoms with E-state index in [-0.39, 0.29) is 16.8 Å². The Morgan fingerprint density at radius 3 is 2.55 bits per heavy atom. The number of hydrogen-bond donors (Lipinski definition) is 0. The second-order valence-electron chi connectivity index (χ2n) is 5.02. The number of nitrogens with zero attached hydrogens (tertiary/aromatic N) is 2. The molecule has 0 radical (unpaired) electrons. The lowest BCUT2D eigenvalue weighted by molar-refractivity contribution is 0.0753. The second kappa shape index (κ2) is 5.77. The van der Waals surface area contributed by atoms with E-state index < -0.39 is 9.05 Å². The number of hydrogen-bond acceptors (Lipinski definition) is 3. The molecule has 1 aromatic heterocycles. The lowest BCUT2D eigenvalue weighted by Gasteiger charge is -2.20. The van der Waals surface area contributed by atoms with Gasteiger partial charge in [-0.15, -0.1) is 0 Å². The summed E-state index contributed by atoms with van der Waals surface area (Å²) < 4.78 is 24.7. The standard InChI is InChI=1S/C13H19ClN2O3S/c1-3-7-15(4-2)13(17)12-8-11(20(14,18)19)9-16(12)10-5-6-10/h8-10H,3-7H2,1-2H3. The predicted molar refractivity (Wildman–Crippen MR) is 77.6 cm³/mol. The zero-order valence-corrected chi connectivity index (χ0v) is 13.2. The molecule has 1 heterocycles. The molecule has 0 saturated heterocycles. The Hall–Kier alpha value is -1.01. The van der Waals surface area contributed by atoms with E-state index >= 15 is 0 Å². The maximum Gasteiger partial charge on any atom is 0.270 e. The fraction of sp³-hybridized carbons (Fsp3) is 0.615. The average Bonchev–Trinajstić information content (AvgIpc) is 3.12. The molecule has 7 heteroatoms. The van der Waals surface area contributed by atoms with Gasteiger partial charge in [-0.3, -0.25) is 4.79 Å². The molecule has 112 valence electrons. The smallest absolute Gasteiger partial charge is 0.270 e. The van der Waals surface area contributed by atoms with Crippen LogP contribution in [0.4, 0.5) is 0 Å². The third-order valence-electron chi connectivity index (χ3n) is 3.43. The average molecular weight is 319 g/mol. The number of carbonyl (C=O) groups is 1. The van der Waals surface area contributed by atoms with Gasteiger partial charge in [-0.1, -0.05) is 6.92 Å². The molecule has 0 aliphatic heterocycles. The van der Waals surface area contributed by atoms with Crippen LogP contribution < -0.4 is 0 Å². The van der Waals surface area contributed by atoms with Gasteiger partial charge in [0, 0.05) is 36.0 Å². The Kier molecular flexibility index (Phi) is 4.44. The molecule has 5 nitrogen and oxygen atoms in total. The van der Waals surface area contributed by atoms with Crippen LogP contribution in [0.25, 0.3) is 0 Å². The first kappa shape index (κ1) is 15.4. The Morgan fingerprint density at radius 2 is 2.10 bits per heavy atom. The second-order valence-corrected chi connectivity index (χ2v) is 7.59. The van der Waals surface area contributed by atoms with Gasteiger partial charge in [0.15, 0.2) is 0 Å². The summed E-state index contributed by atoms with van der Waals surface area (Å²) >= 11 is 0. The lowest BCUT2D eigenvalue weighted by Crippen LogP contribution is -2.32. The van der Waals surface area contributed by atoms with Crippen LogP contribution in [-0.4, -0.2) is 36.9 Å². The summed E-state index contributed by atoms with van der Waals surface area (Å²) in [4.78, 5) is 14.2. The maximum absolute atomic E-state index is 12.5. The zero-order chi connectivity index (χ0) is 14.9. The van der Waals surface area contributed by atoms with E-state index in [2.05, 4.69) is 0 Å². The molecule has 0 atom stereocenters. The Labute approximate surface area is 123 Å². The zero-order valence-electron chi connectivity index (χ0n) is 11.7. The van der Waals surface area contributed by atoms with Gasteiger partial charge < -0.3 is 9.47 Å². The first-order valence-corrected chi connectivity index (χ1v) is 9.15. The molecule has 0 aromatic carbocycles. The normalized spacial score (nSPS) is 15.3. The minimum Gasteiger partial charge on any atom is -0.339 e. The highest BCUT2D eigenvalue weighted by atomic mass is 35.7. The molecule has 1 aliphatic carbocycles. The van der Waals surface area contributed by atoms with Crippen molar-refractivity contribution in [2.24, 2.45) is 0 Å². The third-order valence-corrected chi connectivity index (χ3v) is 4.75. The Bertz CT molecular complexity index is 605. The molecule has 1 aliphatic rings. The van der Waals surface area contributed by atoms with Crippen molar-refractivity contribution in [3.63, 3.8) is 0 Å². The molecule has 0 unspecified atom stereocenters. The van der Waals surface area contributed by atoms with Crippen molar-refractivity contribution in [2.75, 3.05) is 13.1 Å². The molecule has 1 saturated carbocycles. The highest BCUT2D eigenvalue weighted by Gasteiger charge is 2.31. The minimum absolute atomic E-state index is 0.00182. The van der Waals surface area contributed by atoms with Crippen LogP contribution in [0.15, 0.2) is 17.2 Å².